The van der Waals surface area contributed by atoms with Crippen LogP contribution in [0.1, 0.15) is 40.0 Å². The summed E-state index contributed by atoms with van der Waals surface area (Å²) in [5.74, 6) is -1.86. The molecule has 0 N–H and O–H groups in total. The first-order valence-corrected chi connectivity index (χ1v) is 8.38. The first-order valence-electron chi connectivity index (χ1n) is 7.56. The van der Waals surface area contributed by atoms with Crippen LogP contribution in [0.4, 0.5) is 8.78 Å². The van der Waals surface area contributed by atoms with Gasteiger partial charge in [-0.25, -0.2) is 13.8 Å². The summed E-state index contributed by atoms with van der Waals surface area (Å²) < 4.78 is 26.8. The molecule has 1 fully saturated rings. The maximum absolute atomic E-state index is 13.8. The first-order chi connectivity index (χ1) is 10.9. The molecule has 3 rings (SSSR count). The third-order valence-corrected chi connectivity index (χ3v) is 5.67. The SMILES string of the molecule is Cc1cnc(C2(C)CCN(C(=O)c3ccc(F)cc3F)CC2)s1. The van der Waals surface area contributed by atoms with Gasteiger partial charge in [0.05, 0.1) is 10.6 Å². The fourth-order valence-corrected chi connectivity index (χ4v) is 3.85. The van der Waals surface area contributed by atoms with Crippen molar-refractivity contribution >= 4 is 17.2 Å². The van der Waals surface area contributed by atoms with Gasteiger partial charge in [-0.2, -0.15) is 0 Å². The Morgan fingerprint density at radius 3 is 2.57 bits per heavy atom. The molecule has 1 amide bonds. The van der Waals surface area contributed by atoms with Gasteiger partial charge in [0.25, 0.3) is 5.91 Å². The summed E-state index contributed by atoms with van der Waals surface area (Å²) in [7, 11) is 0. The van der Waals surface area contributed by atoms with E-state index in [1.54, 1.807) is 16.2 Å². The number of carbonyl (C=O) groups excluding carboxylic acids is 1. The van der Waals surface area contributed by atoms with Crippen molar-refractivity contribution in [1.29, 1.82) is 0 Å². The predicted molar refractivity (Wildman–Crippen MR) is 85.7 cm³/mol. The maximum atomic E-state index is 13.8. The summed E-state index contributed by atoms with van der Waals surface area (Å²) >= 11 is 1.69. The number of benzene rings is 1. The molecule has 0 unspecified atom stereocenters. The highest BCUT2D eigenvalue weighted by molar-refractivity contribution is 7.11. The molecule has 0 atom stereocenters. The Morgan fingerprint density at radius 2 is 2.00 bits per heavy atom. The van der Waals surface area contributed by atoms with Crippen molar-refractivity contribution in [2.75, 3.05) is 13.1 Å². The summed E-state index contributed by atoms with van der Waals surface area (Å²) in [4.78, 5) is 19.7. The number of piperidine rings is 1. The van der Waals surface area contributed by atoms with E-state index in [9.17, 15) is 13.6 Å². The average Bonchev–Trinajstić information content (AvgIpc) is 2.95. The zero-order valence-electron chi connectivity index (χ0n) is 13.1. The Bertz CT molecular complexity index is 736. The molecule has 1 aromatic heterocycles. The van der Waals surface area contributed by atoms with Crippen LogP contribution >= 0.6 is 11.3 Å². The molecule has 1 saturated heterocycles. The third kappa shape index (κ3) is 3.13. The number of nitrogens with zero attached hydrogens (tertiary/aromatic N) is 2. The van der Waals surface area contributed by atoms with Gasteiger partial charge in [-0.3, -0.25) is 4.79 Å². The van der Waals surface area contributed by atoms with E-state index in [1.165, 1.54) is 10.9 Å². The van der Waals surface area contributed by atoms with E-state index in [-0.39, 0.29) is 16.9 Å². The molecular weight excluding hydrogens is 318 g/mol. The number of halogens is 2. The van der Waals surface area contributed by atoms with Gasteiger partial charge in [-0.05, 0) is 31.9 Å². The van der Waals surface area contributed by atoms with Gasteiger partial charge in [0.2, 0.25) is 0 Å². The van der Waals surface area contributed by atoms with Gasteiger partial charge in [0, 0.05) is 35.6 Å². The van der Waals surface area contributed by atoms with Crippen molar-refractivity contribution in [1.82, 2.24) is 9.88 Å². The lowest BCUT2D eigenvalue weighted by Crippen LogP contribution is -2.44. The number of rotatable bonds is 2. The molecule has 0 radical (unpaired) electrons. The van der Waals surface area contributed by atoms with E-state index in [0.29, 0.717) is 13.1 Å². The number of hydrogen-bond acceptors (Lipinski definition) is 3. The molecular formula is C17H18F2N2OS. The van der Waals surface area contributed by atoms with Gasteiger partial charge in [0.1, 0.15) is 11.6 Å². The molecule has 1 aliphatic heterocycles. The van der Waals surface area contributed by atoms with Crippen molar-refractivity contribution < 1.29 is 13.6 Å². The van der Waals surface area contributed by atoms with Crippen LogP contribution in [0.15, 0.2) is 24.4 Å². The van der Waals surface area contributed by atoms with Crippen LogP contribution in [0, 0.1) is 18.6 Å². The summed E-state index contributed by atoms with van der Waals surface area (Å²) in [6.07, 6.45) is 3.44. The zero-order chi connectivity index (χ0) is 16.6. The first kappa shape index (κ1) is 16.1. The van der Waals surface area contributed by atoms with Crippen molar-refractivity contribution in [3.8, 4) is 0 Å². The van der Waals surface area contributed by atoms with Crippen LogP contribution < -0.4 is 0 Å². The molecule has 2 aromatic rings. The van der Waals surface area contributed by atoms with Gasteiger partial charge >= 0.3 is 0 Å². The lowest BCUT2D eigenvalue weighted by molar-refractivity contribution is 0.0671. The van der Waals surface area contributed by atoms with E-state index >= 15 is 0 Å². The molecule has 0 bridgehead atoms. The fraction of sp³-hybridized carbons (Fsp3) is 0.412. The van der Waals surface area contributed by atoms with Gasteiger partial charge < -0.3 is 4.90 Å². The molecule has 2 heterocycles. The summed E-state index contributed by atoms with van der Waals surface area (Å²) in [6, 6.07) is 3.08. The second kappa shape index (κ2) is 6.00. The minimum Gasteiger partial charge on any atom is -0.338 e. The quantitative estimate of drug-likeness (QED) is 0.833. The van der Waals surface area contributed by atoms with E-state index in [2.05, 4.69) is 11.9 Å². The van der Waals surface area contributed by atoms with Crippen LogP contribution in [0.3, 0.4) is 0 Å². The van der Waals surface area contributed by atoms with Crippen LogP contribution in [0.2, 0.25) is 0 Å². The van der Waals surface area contributed by atoms with Crippen molar-refractivity contribution in [3.05, 3.63) is 51.5 Å². The average molecular weight is 336 g/mol. The largest absolute Gasteiger partial charge is 0.338 e. The van der Waals surface area contributed by atoms with E-state index in [4.69, 9.17) is 0 Å². The van der Waals surface area contributed by atoms with E-state index < -0.39 is 11.6 Å². The fourth-order valence-electron chi connectivity index (χ4n) is 2.88. The van der Waals surface area contributed by atoms with E-state index in [1.807, 2.05) is 13.1 Å². The number of carbonyl (C=O) groups is 1. The highest BCUT2D eigenvalue weighted by Gasteiger charge is 2.36. The number of amides is 1. The van der Waals surface area contributed by atoms with Crippen LogP contribution in [-0.4, -0.2) is 28.9 Å². The normalized spacial score (nSPS) is 17.3. The number of aromatic nitrogens is 1. The Balaban J connectivity index is 1.72. The van der Waals surface area contributed by atoms with Gasteiger partial charge in [0.15, 0.2) is 0 Å². The van der Waals surface area contributed by atoms with Crippen molar-refractivity contribution in [2.24, 2.45) is 0 Å². The monoisotopic (exact) mass is 336 g/mol. The molecule has 0 aliphatic carbocycles. The smallest absolute Gasteiger partial charge is 0.256 e. The van der Waals surface area contributed by atoms with Crippen LogP contribution in [0.25, 0.3) is 0 Å². The minimum absolute atomic E-state index is 0.0446. The maximum Gasteiger partial charge on any atom is 0.256 e. The number of hydrogen-bond donors (Lipinski definition) is 0. The topological polar surface area (TPSA) is 33.2 Å². The zero-order valence-corrected chi connectivity index (χ0v) is 13.9. The lowest BCUT2D eigenvalue weighted by atomic mass is 9.81. The highest BCUT2D eigenvalue weighted by atomic mass is 32.1. The molecule has 3 nitrogen and oxygen atoms in total. The van der Waals surface area contributed by atoms with Gasteiger partial charge in [-0.15, -0.1) is 11.3 Å². The molecule has 6 heteroatoms. The molecule has 23 heavy (non-hydrogen) atoms. The summed E-state index contributed by atoms with van der Waals surface area (Å²) in [5, 5.41) is 1.09. The van der Waals surface area contributed by atoms with Crippen molar-refractivity contribution in [2.45, 2.75) is 32.1 Å². The van der Waals surface area contributed by atoms with Crippen LogP contribution in [0.5, 0.6) is 0 Å². The Morgan fingerprint density at radius 1 is 1.30 bits per heavy atom. The Labute approximate surface area is 138 Å². The standard InChI is InChI=1S/C17H18F2N2OS/c1-11-10-20-16(23-11)17(2)5-7-21(8-6-17)15(22)13-4-3-12(18)9-14(13)19/h3-4,9-10H,5-8H2,1-2H3. The molecule has 122 valence electrons. The second-order valence-corrected chi connectivity index (χ2v) is 7.49. The molecule has 0 saturated carbocycles. The lowest BCUT2D eigenvalue weighted by Gasteiger charge is -2.38. The second-order valence-electron chi connectivity index (χ2n) is 6.25. The number of likely N-dealkylation sites (tertiary alicyclic amines) is 1. The third-order valence-electron chi connectivity index (χ3n) is 4.45. The Kier molecular flexibility index (Phi) is 4.19. The highest BCUT2D eigenvalue weighted by Crippen LogP contribution is 2.37. The Hall–Kier alpha value is -1.82. The number of aryl methyl sites for hydroxylation is 1. The molecule has 0 spiro atoms. The molecule has 1 aliphatic rings. The van der Waals surface area contributed by atoms with Crippen LogP contribution in [-0.2, 0) is 5.41 Å². The number of thiazole rings is 1. The van der Waals surface area contributed by atoms with Crippen molar-refractivity contribution in [3.63, 3.8) is 0 Å². The summed E-state index contributed by atoms with van der Waals surface area (Å²) in [6.45, 7) is 5.28. The van der Waals surface area contributed by atoms with E-state index in [0.717, 1.165) is 30.0 Å². The predicted octanol–water partition coefficient (Wildman–Crippen LogP) is 3.92. The summed E-state index contributed by atoms with van der Waals surface area (Å²) in [5.41, 5.74) is -0.114. The van der Waals surface area contributed by atoms with Gasteiger partial charge in [-0.1, -0.05) is 6.92 Å². The minimum atomic E-state index is -0.807. The molecule has 1 aromatic carbocycles.